The molecule has 1 unspecified atom stereocenters. The van der Waals surface area contributed by atoms with Gasteiger partial charge in [-0.05, 0) is 38.1 Å². The molecule has 0 saturated carbocycles. The van der Waals surface area contributed by atoms with Crippen LogP contribution in [0.4, 0.5) is 5.13 Å². The number of thiazole rings is 1. The first-order chi connectivity index (χ1) is 14.2. The zero-order chi connectivity index (χ0) is 21.6. The predicted molar refractivity (Wildman–Crippen MR) is 108 cm³/mol. The van der Waals surface area contributed by atoms with Crippen LogP contribution in [0.1, 0.15) is 23.0 Å². The molecule has 10 heteroatoms. The Morgan fingerprint density at radius 2 is 1.93 bits per heavy atom. The van der Waals surface area contributed by atoms with E-state index in [4.69, 9.17) is 4.42 Å². The van der Waals surface area contributed by atoms with Gasteiger partial charge in [0.15, 0.2) is 16.7 Å². The van der Waals surface area contributed by atoms with E-state index in [9.17, 15) is 23.1 Å². The third-order valence-corrected chi connectivity index (χ3v) is 7.97. The molecule has 0 saturated heterocycles. The minimum atomic E-state index is -3.82. The van der Waals surface area contributed by atoms with Gasteiger partial charge in [-0.3, -0.25) is 14.5 Å². The van der Waals surface area contributed by atoms with E-state index in [1.54, 1.807) is 19.1 Å². The molecule has 1 atom stereocenters. The van der Waals surface area contributed by atoms with Crippen LogP contribution in [0.25, 0.3) is 0 Å². The number of benzene rings is 1. The van der Waals surface area contributed by atoms with Gasteiger partial charge in [0.05, 0.1) is 29.0 Å². The summed E-state index contributed by atoms with van der Waals surface area (Å²) < 4.78 is 30.8. The number of Topliss-reactive ketones (excluding diaryl/α,β-unsaturated/α-hetero) is 1. The molecule has 0 fully saturated rings. The Labute approximate surface area is 176 Å². The summed E-state index contributed by atoms with van der Waals surface area (Å²) in [6.45, 7) is 3.40. The molecule has 30 heavy (non-hydrogen) atoms. The summed E-state index contributed by atoms with van der Waals surface area (Å²) in [4.78, 5) is 30.5. The first kappa shape index (κ1) is 20.0. The van der Waals surface area contributed by atoms with Gasteiger partial charge in [-0.1, -0.05) is 29.0 Å². The van der Waals surface area contributed by atoms with E-state index in [-0.39, 0.29) is 25.6 Å². The third-order valence-electron chi connectivity index (χ3n) is 4.75. The van der Waals surface area contributed by atoms with Crippen molar-refractivity contribution >= 4 is 38.0 Å². The first-order valence-corrected chi connectivity index (χ1v) is 11.1. The van der Waals surface area contributed by atoms with Crippen molar-refractivity contribution in [2.75, 3.05) is 4.90 Å². The monoisotopic (exact) mass is 444 g/mol. The van der Waals surface area contributed by atoms with Gasteiger partial charge in [-0.2, -0.15) is 0 Å². The predicted octanol–water partition coefficient (Wildman–Crippen LogP) is 3.31. The van der Waals surface area contributed by atoms with E-state index in [1.807, 2.05) is 6.92 Å². The van der Waals surface area contributed by atoms with E-state index in [2.05, 4.69) is 4.98 Å². The van der Waals surface area contributed by atoms with Crippen LogP contribution >= 0.6 is 11.3 Å². The summed E-state index contributed by atoms with van der Waals surface area (Å²) in [6, 6.07) is 8.48. The molecule has 8 nitrogen and oxygen atoms in total. The van der Waals surface area contributed by atoms with Crippen molar-refractivity contribution < 1.29 is 27.5 Å². The molecule has 1 amide bonds. The lowest BCUT2D eigenvalue weighted by Crippen LogP contribution is -2.34. The van der Waals surface area contributed by atoms with Crippen molar-refractivity contribution in [1.29, 1.82) is 0 Å². The Hall–Kier alpha value is -3.24. The number of rotatable bonds is 5. The number of hydrogen-bond acceptors (Lipinski definition) is 8. The minimum absolute atomic E-state index is 0.0140. The molecule has 1 aliphatic heterocycles. The molecule has 1 aromatic carbocycles. The van der Waals surface area contributed by atoms with Gasteiger partial charge in [0.25, 0.3) is 5.91 Å². The molecule has 0 spiro atoms. The highest BCUT2D eigenvalue weighted by molar-refractivity contribution is 7.93. The molecular formula is C20H16N2O6S2. The number of hydrogen-bond donors (Lipinski definition) is 1. The highest BCUT2D eigenvalue weighted by Gasteiger charge is 2.43. The van der Waals surface area contributed by atoms with Crippen molar-refractivity contribution in [3.8, 4) is 0 Å². The second-order valence-electron chi connectivity index (χ2n) is 6.70. The second kappa shape index (κ2) is 7.22. The first-order valence-electron chi connectivity index (χ1n) is 8.84. The van der Waals surface area contributed by atoms with Gasteiger partial charge in [0, 0.05) is 0 Å². The summed E-state index contributed by atoms with van der Waals surface area (Å²) in [5, 5.41) is 10.3. The zero-order valence-corrected chi connectivity index (χ0v) is 17.5. The van der Waals surface area contributed by atoms with E-state index < -0.39 is 33.3 Å². The summed E-state index contributed by atoms with van der Waals surface area (Å²) in [6.07, 6.45) is 2.48. The fourth-order valence-corrected chi connectivity index (χ4v) is 5.74. The molecule has 2 aromatic heterocycles. The highest BCUT2D eigenvalue weighted by Crippen LogP contribution is 2.37. The van der Waals surface area contributed by atoms with Crippen molar-refractivity contribution in [2.24, 2.45) is 0 Å². The maximum atomic E-state index is 12.9. The van der Waals surface area contributed by atoms with Crippen LogP contribution in [-0.4, -0.2) is 36.2 Å². The van der Waals surface area contributed by atoms with E-state index >= 15 is 0 Å². The number of amides is 1. The topological polar surface area (TPSA) is 118 Å². The van der Waals surface area contributed by atoms with Crippen LogP contribution in [0.5, 0.6) is 0 Å². The van der Waals surface area contributed by atoms with Crippen LogP contribution in [0.2, 0.25) is 0 Å². The molecular weight excluding hydrogens is 428 g/mol. The Morgan fingerprint density at radius 1 is 1.23 bits per heavy atom. The maximum Gasteiger partial charge on any atom is 0.295 e. The van der Waals surface area contributed by atoms with Crippen LogP contribution in [0.15, 0.2) is 73.7 Å². The molecule has 4 rings (SSSR count). The smallest absolute Gasteiger partial charge is 0.295 e. The van der Waals surface area contributed by atoms with Crippen LogP contribution < -0.4 is 4.90 Å². The standard InChI is InChI=1S/C20H16N2O6S2/c1-11-5-7-13(8-6-11)30(26,27)15-10-21-20(29-15)22-12(2)16(18(24)19(22)25)17(23)14-4-3-9-28-14/h3-10,12,24H,1-2H3. The highest BCUT2D eigenvalue weighted by atomic mass is 32.2. The average molecular weight is 444 g/mol. The lowest BCUT2D eigenvalue weighted by atomic mass is 10.0. The number of carbonyl (C=O) groups is 2. The SMILES string of the molecule is Cc1ccc(S(=O)(=O)c2cnc(N3C(=O)C(O)=C(C(=O)c4ccco4)C3C)s2)cc1. The van der Waals surface area contributed by atoms with Crippen molar-refractivity contribution in [3.05, 3.63) is 71.5 Å². The van der Waals surface area contributed by atoms with Gasteiger partial charge in [0.1, 0.15) is 4.21 Å². The van der Waals surface area contributed by atoms with Gasteiger partial charge >= 0.3 is 0 Å². The number of nitrogens with zero attached hydrogens (tertiary/aromatic N) is 2. The Morgan fingerprint density at radius 3 is 2.57 bits per heavy atom. The molecule has 154 valence electrons. The van der Waals surface area contributed by atoms with Gasteiger partial charge < -0.3 is 9.52 Å². The van der Waals surface area contributed by atoms with Gasteiger partial charge in [0.2, 0.25) is 15.6 Å². The quantitative estimate of drug-likeness (QED) is 0.600. The lowest BCUT2D eigenvalue weighted by molar-refractivity contribution is -0.116. The van der Waals surface area contributed by atoms with Gasteiger partial charge in [-0.25, -0.2) is 13.4 Å². The Kier molecular flexibility index (Phi) is 4.83. The summed E-state index contributed by atoms with van der Waals surface area (Å²) in [5.74, 6) is -2.17. The minimum Gasteiger partial charge on any atom is -0.503 e. The number of carbonyl (C=O) groups excluding carboxylic acids is 2. The van der Waals surface area contributed by atoms with E-state index in [1.165, 1.54) is 36.7 Å². The fourth-order valence-electron chi connectivity index (χ4n) is 3.14. The molecule has 0 aliphatic carbocycles. The number of aliphatic hydroxyl groups excluding tert-OH is 1. The molecule has 1 N–H and O–H groups in total. The Bertz CT molecular complexity index is 1270. The number of ketones is 1. The number of furan rings is 1. The number of sulfone groups is 1. The molecule has 1 aliphatic rings. The van der Waals surface area contributed by atoms with Crippen LogP contribution in [0, 0.1) is 6.92 Å². The number of aliphatic hydroxyl groups is 1. The van der Waals surface area contributed by atoms with Crippen molar-refractivity contribution in [3.63, 3.8) is 0 Å². The third kappa shape index (κ3) is 3.14. The normalized spacial score (nSPS) is 17.1. The summed E-state index contributed by atoms with van der Waals surface area (Å²) in [7, 11) is -3.82. The second-order valence-corrected chi connectivity index (χ2v) is 9.88. The summed E-state index contributed by atoms with van der Waals surface area (Å²) >= 11 is 0.790. The van der Waals surface area contributed by atoms with Crippen molar-refractivity contribution in [2.45, 2.75) is 29.0 Å². The average Bonchev–Trinajstić information content (AvgIpc) is 3.44. The fraction of sp³-hybridized carbons (Fsp3) is 0.150. The molecule has 0 bridgehead atoms. The van der Waals surface area contributed by atoms with Crippen molar-refractivity contribution in [1.82, 2.24) is 4.98 Å². The molecule has 3 aromatic rings. The summed E-state index contributed by atoms with van der Waals surface area (Å²) in [5.41, 5.74) is 0.791. The number of aryl methyl sites for hydroxylation is 1. The van der Waals surface area contributed by atoms with E-state index in [0.717, 1.165) is 21.8 Å². The van der Waals surface area contributed by atoms with Gasteiger partial charge in [-0.15, -0.1) is 0 Å². The zero-order valence-electron chi connectivity index (χ0n) is 15.9. The van der Waals surface area contributed by atoms with E-state index in [0.29, 0.717) is 0 Å². The Balaban J connectivity index is 1.66. The largest absolute Gasteiger partial charge is 0.503 e. The number of aromatic nitrogens is 1. The van der Waals surface area contributed by atoms with Crippen LogP contribution in [-0.2, 0) is 14.6 Å². The number of anilines is 1. The molecule has 0 radical (unpaired) electrons. The van der Waals surface area contributed by atoms with Crippen LogP contribution in [0.3, 0.4) is 0 Å². The maximum absolute atomic E-state index is 12.9. The lowest BCUT2D eigenvalue weighted by Gasteiger charge is -2.19. The molecule has 3 heterocycles.